The maximum absolute atomic E-state index is 11.0. The Morgan fingerprint density at radius 2 is 1.91 bits per heavy atom. The smallest absolute Gasteiger partial charge is 0.272 e. The van der Waals surface area contributed by atoms with E-state index in [2.05, 4.69) is 10.5 Å². The summed E-state index contributed by atoms with van der Waals surface area (Å²) in [6.45, 7) is 0. The van der Waals surface area contributed by atoms with Crippen molar-refractivity contribution in [1.82, 2.24) is 0 Å². The van der Waals surface area contributed by atoms with Gasteiger partial charge in [0, 0.05) is 16.1 Å². The van der Waals surface area contributed by atoms with Crippen LogP contribution in [0.1, 0.15) is 11.1 Å². The Morgan fingerprint density at radius 3 is 2.50 bits per heavy atom. The summed E-state index contributed by atoms with van der Waals surface area (Å²) in [6.07, 6.45) is 1.43. The van der Waals surface area contributed by atoms with Crippen LogP contribution in [0.2, 0.25) is 10.0 Å². The Labute approximate surface area is 135 Å². The molecule has 0 bridgehead atoms. The van der Waals surface area contributed by atoms with Crippen LogP contribution in [0.5, 0.6) is 0 Å². The molecule has 0 unspecified atom stereocenters. The molecule has 22 heavy (non-hydrogen) atoms. The van der Waals surface area contributed by atoms with Gasteiger partial charge in [0.25, 0.3) is 5.69 Å². The van der Waals surface area contributed by atoms with Gasteiger partial charge < -0.3 is 0 Å². The van der Waals surface area contributed by atoms with Crippen LogP contribution in [-0.4, -0.2) is 11.1 Å². The minimum atomic E-state index is -0.588. The molecule has 0 fully saturated rings. The number of nitriles is 1. The summed E-state index contributed by atoms with van der Waals surface area (Å²) in [5, 5.41) is 24.6. The van der Waals surface area contributed by atoms with E-state index in [1.54, 1.807) is 18.2 Å². The van der Waals surface area contributed by atoms with Gasteiger partial charge in [0.05, 0.1) is 22.8 Å². The van der Waals surface area contributed by atoms with E-state index in [4.69, 9.17) is 28.5 Å². The second-order valence-corrected chi connectivity index (χ2v) is 5.05. The molecule has 1 N–H and O–H groups in total. The van der Waals surface area contributed by atoms with Crippen LogP contribution in [0.3, 0.4) is 0 Å². The lowest BCUT2D eigenvalue weighted by Crippen LogP contribution is -1.97. The fourth-order valence-electron chi connectivity index (χ4n) is 1.67. The van der Waals surface area contributed by atoms with Crippen LogP contribution >= 0.6 is 23.2 Å². The predicted octanol–water partition coefficient (Wildman–Crippen LogP) is 4.22. The topological polar surface area (TPSA) is 91.3 Å². The van der Waals surface area contributed by atoms with E-state index in [1.807, 2.05) is 6.07 Å². The number of nitro groups is 1. The van der Waals surface area contributed by atoms with Crippen LogP contribution in [0.15, 0.2) is 41.5 Å². The molecule has 0 aromatic heterocycles. The van der Waals surface area contributed by atoms with Crippen molar-refractivity contribution in [1.29, 1.82) is 5.26 Å². The number of halogens is 2. The highest BCUT2D eigenvalue weighted by molar-refractivity contribution is 6.35. The second-order valence-electron chi connectivity index (χ2n) is 4.17. The monoisotopic (exact) mass is 334 g/mol. The molecule has 8 heteroatoms. The molecule has 2 aromatic rings. The molecular formula is C14H8Cl2N4O2. The third-order valence-corrected chi connectivity index (χ3v) is 3.04. The number of hydrogen-bond acceptors (Lipinski definition) is 5. The molecule has 110 valence electrons. The number of benzene rings is 2. The van der Waals surface area contributed by atoms with E-state index in [0.29, 0.717) is 15.6 Å². The highest BCUT2D eigenvalue weighted by Crippen LogP contribution is 2.25. The van der Waals surface area contributed by atoms with Crippen molar-refractivity contribution >= 4 is 40.8 Å². The van der Waals surface area contributed by atoms with Crippen LogP contribution in [-0.2, 0) is 0 Å². The van der Waals surface area contributed by atoms with E-state index in [-0.39, 0.29) is 16.9 Å². The molecule has 2 aromatic carbocycles. The average molecular weight is 335 g/mol. The average Bonchev–Trinajstić information content (AvgIpc) is 2.46. The van der Waals surface area contributed by atoms with Crippen molar-refractivity contribution in [2.75, 3.05) is 5.43 Å². The first kappa shape index (κ1) is 15.8. The van der Waals surface area contributed by atoms with E-state index < -0.39 is 4.92 Å². The molecule has 0 aliphatic rings. The Balaban J connectivity index is 2.22. The van der Waals surface area contributed by atoms with Gasteiger partial charge in [0.2, 0.25) is 0 Å². The second kappa shape index (κ2) is 6.89. The molecule has 0 aliphatic heterocycles. The molecule has 0 radical (unpaired) electrons. The molecular weight excluding hydrogens is 327 g/mol. The number of nitrogens with zero attached hydrogens (tertiary/aromatic N) is 3. The molecule has 0 spiro atoms. The SMILES string of the molecule is N#Cc1ccc(N/N=C/c2cc(Cl)cc(Cl)c2)c([N+](=O)[O-])c1. The molecule has 0 atom stereocenters. The van der Waals surface area contributed by atoms with Gasteiger partial charge in [-0.15, -0.1) is 0 Å². The molecule has 0 saturated carbocycles. The van der Waals surface area contributed by atoms with E-state index in [0.717, 1.165) is 0 Å². The number of nitro benzene ring substituents is 1. The molecule has 0 heterocycles. The summed E-state index contributed by atoms with van der Waals surface area (Å²) in [5.41, 5.74) is 3.34. The Hall–Kier alpha value is -2.62. The third-order valence-electron chi connectivity index (χ3n) is 2.61. The Kier molecular flexibility index (Phi) is 4.94. The quantitative estimate of drug-likeness (QED) is 0.514. The van der Waals surface area contributed by atoms with Crippen LogP contribution in [0.4, 0.5) is 11.4 Å². The number of nitrogens with one attached hydrogen (secondary N) is 1. The van der Waals surface area contributed by atoms with Crippen LogP contribution < -0.4 is 5.43 Å². The molecule has 0 amide bonds. The summed E-state index contributed by atoms with van der Waals surface area (Å²) in [6, 6.07) is 10.8. The Bertz CT molecular complexity index is 780. The fraction of sp³-hybridized carbons (Fsp3) is 0. The molecule has 0 aliphatic carbocycles. The first-order valence-corrected chi connectivity index (χ1v) is 6.69. The van der Waals surface area contributed by atoms with Gasteiger partial charge in [-0.2, -0.15) is 10.4 Å². The zero-order chi connectivity index (χ0) is 16.1. The van der Waals surface area contributed by atoms with E-state index >= 15 is 0 Å². The molecule has 2 rings (SSSR count). The summed E-state index contributed by atoms with van der Waals surface area (Å²) in [5.74, 6) is 0. The largest absolute Gasteiger partial charge is 0.295 e. The zero-order valence-electron chi connectivity index (χ0n) is 11.0. The van der Waals surface area contributed by atoms with Gasteiger partial charge in [0.15, 0.2) is 0 Å². The Morgan fingerprint density at radius 1 is 1.23 bits per heavy atom. The standard InChI is InChI=1S/C14H8Cl2N4O2/c15-11-3-10(4-12(16)6-11)8-18-19-13-2-1-9(7-17)5-14(13)20(21)22/h1-6,8,19H/b18-8+. The van der Waals surface area contributed by atoms with Gasteiger partial charge in [-0.25, -0.2) is 0 Å². The summed E-state index contributed by atoms with van der Waals surface area (Å²) in [7, 11) is 0. The number of hydrogen-bond donors (Lipinski definition) is 1. The van der Waals surface area contributed by atoms with Crippen molar-refractivity contribution in [2.45, 2.75) is 0 Å². The highest BCUT2D eigenvalue weighted by Gasteiger charge is 2.14. The van der Waals surface area contributed by atoms with Gasteiger partial charge in [-0.3, -0.25) is 15.5 Å². The summed E-state index contributed by atoms with van der Waals surface area (Å²) in [4.78, 5) is 10.4. The maximum Gasteiger partial charge on any atom is 0.295 e. The van der Waals surface area contributed by atoms with Gasteiger partial charge in [-0.05, 0) is 35.9 Å². The number of hydrazone groups is 1. The van der Waals surface area contributed by atoms with Gasteiger partial charge in [-0.1, -0.05) is 23.2 Å². The molecule has 6 nitrogen and oxygen atoms in total. The zero-order valence-corrected chi connectivity index (χ0v) is 12.5. The number of anilines is 1. The van der Waals surface area contributed by atoms with E-state index in [1.165, 1.54) is 24.4 Å². The molecule has 0 saturated heterocycles. The van der Waals surface area contributed by atoms with E-state index in [9.17, 15) is 10.1 Å². The predicted molar refractivity (Wildman–Crippen MR) is 85.5 cm³/mol. The van der Waals surface area contributed by atoms with Crippen LogP contribution in [0, 0.1) is 21.4 Å². The lowest BCUT2D eigenvalue weighted by Gasteiger charge is -2.02. The first-order valence-electron chi connectivity index (χ1n) is 5.93. The minimum Gasteiger partial charge on any atom is -0.272 e. The summed E-state index contributed by atoms with van der Waals surface area (Å²) < 4.78 is 0. The normalized spacial score (nSPS) is 10.4. The van der Waals surface area contributed by atoms with Crippen molar-refractivity contribution in [2.24, 2.45) is 5.10 Å². The number of rotatable bonds is 4. The lowest BCUT2D eigenvalue weighted by atomic mass is 10.2. The van der Waals surface area contributed by atoms with Crippen molar-refractivity contribution in [3.8, 4) is 6.07 Å². The van der Waals surface area contributed by atoms with Crippen molar-refractivity contribution < 1.29 is 4.92 Å². The van der Waals surface area contributed by atoms with Crippen molar-refractivity contribution in [3.63, 3.8) is 0 Å². The minimum absolute atomic E-state index is 0.174. The third kappa shape index (κ3) is 3.95. The maximum atomic E-state index is 11.0. The lowest BCUT2D eigenvalue weighted by molar-refractivity contribution is -0.384. The highest BCUT2D eigenvalue weighted by atomic mass is 35.5. The first-order chi connectivity index (χ1) is 10.5. The van der Waals surface area contributed by atoms with Crippen molar-refractivity contribution in [3.05, 3.63) is 67.7 Å². The van der Waals surface area contributed by atoms with Gasteiger partial charge >= 0.3 is 0 Å². The van der Waals surface area contributed by atoms with Crippen LogP contribution in [0.25, 0.3) is 0 Å². The fourth-order valence-corrected chi connectivity index (χ4v) is 2.22. The summed E-state index contributed by atoms with van der Waals surface area (Å²) >= 11 is 11.7. The van der Waals surface area contributed by atoms with Gasteiger partial charge in [0.1, 0.15) is 5.69 Å².